The highest BCUT2D eigenvalue weighted by atomic mass is 32.1. The Labute approximate surface area is 145 Å². The molecule has 1 aromatic heterocycles. The molecule has 3 aromatic rings. The van der Waals surface area contributed by atoms with Crippen LogP contribution >= 0.6 is 11.5 Å². The van der Waals surface area contributed by atoms with E-state index in [1.807, 2.05) is 36.4 Å². The molecule has 3 rings (SSSR count). The first kappa shape index (κ1) is 16.3. The van der Waals surface area contributed by atoms with Crippen molar-refractivity contribution in [3.05, 3.63) is 65.0 Å². The predicted octanol–water partition coefficient (Wildman–Crippen LogP) is 4.83. The third kappa shape index (κ3) is 3.36. The number of hydrogen-bond acceptors (Lipinski definition) is 4. The smallest absolute Gasteiger partial charge is 0.284 e. The third-order valence-electron chi connectivity index (χ3n) is 3.78. The van der Waals surface area contributed by atoms with Gasteiger partial charge in [-0.2, -0.15) is 0 Å². The molecule has 0 radical (unpaired) electrons. The molecule has 0 aliphatic heterocycles. The second kappa shape index (κ2) is 7.36. The SMILES string of the molecule is CCCCn1sc(-c2ccccc2)c(Nc2ccccc2O)c1=O. The second-order valence-electron chi connectivity index (χ2n) is 5.56. The van der Waals surface area contributed by atoms with Gasteiger partial charge in [-0.05, 0) is 24.1 Å². The number of rotatable bonds is 6. The highest BCUT2D eigenvalue weighted by Gasteiger charge is 2.17. The van der Waals surface area contributed by atoms with E-state index in [0.29, 0.717) is 17.9 Å². The standard InChI is InChI=1S/C19H20N2O2S/c1-2-3-13-21-19(23)17(20-15-11-7-8-12-16(15)22)18(24-21)14-9-5-4-6-10-14/h4-12,20,22H,2-3,13H2,1H3. The normalized spacial score (nSPS) is 10.7. The van der Waals surface area contributed by atoms with Crippen molar-refractivity contribution in [3.63, 3.8) is 0 Å². The van der Waals surface area contributed by atoms with Crippen LogP contribution in [0.5, 0.6) is 5.75 Å². The average molecular weight is 340 g/mol. The summed E-state index contributed by atoms with van der Waals surface area (Å²) in [6.45, 7) is 2.82. The van der Waals surface area contributed by atoms with Gasteiger partial charge in [-0.15, -0.1) is 0 Å². The second-order valence-corrected chi connectivity index (χ2v) is 6.60. The number of nitrogens with zero attached hydrogens (tertiary/aromatic N) is 1. The summed E-state index contributed by atoms with van der Waals surface area (Å²) in [5.74, 6) is 0.127. The first-order chi connectivity index (χ1) is 11.7. The van der Waals surface area contributed by atoms with Gasteiger partial charge < -0.3 is 10.4 Å². The molecule has 2 aromatic carbocycles. The van der Waals surface area contributed by atoms with Crippen molar-refractivity contribution in [2.24, 2.45) is 0 Å². The number of phenols is 1. The van der Waals surface area contributed by atoms with Gasteiger partial charge in [0.2, 0.25) is 0 Å². The number of aromatic hydroxyl groups is 1. The quantitative estimate of drug-likeness (QED) is 0.632. The molecular formula is C19H20N2O2S. The Morgan fingerprint density at radius 2 is 1.79 bits per heavy atom. The van der Waals surface area contributed by atoms with Crippen LogP contribution in [-0.2, 0) is 6.54 Å². The van der Waals surface area contributed by atoms with Gasteiger partial charge in [0.25, 0.3) is 5.56 Å². The Morgan fingerprint density at radius 3 is 2.50 bits per heavy atom. The van der Waals surface area contributed by atoms with Crippen molar-refractivity contribution < 1.29 is 5.11 Å². The van der Waals surface area contributed by atoms with E-state index in [4.69, 9.17) is 0 Å². The zero-order valence-corrected chi connectivity index (χ0v) is 14.3. The lowest BCUT2D eigenvalue weighted by atomic mass is 10.1. The van der Waals surface area contributed by atoms with Crippen molar-refractivity contribution >= 4 is 22.9 Å². The fraction of sp³-hybridized carbons (Fsp3) is 0.211. The van der Waals surface area contributed by atoms with Crippen LogP contribution in [0.1, 0.15) is 19.8 Å². The minimum Gasteiger partial charge on any atom is -0.506 e. The summed E-state index contributed by atoms with van der Waals surface area (Å²) in [6, 6.07) is 16.8. The molecule has 0 atom stereocenters. The monoisotopic (exact) mass is 340 g/mol. The van der Waals surface area contributed by atoms with E-state index in [0.717, 1.165) is 23.3 Å². The molecule has 0 bridgehead atoms. The lowest BCUT2D eigenvalue weighted by Crippen LogP contribution is -2.16. The maximum absolute atomic E-state index is 12.8. The molecule has 5 heteroatoms. The topological polar surface area (TPSA) is 54.3 Å². The lowest BCUT2D eigenvalue weighted by molar-refractivity contribution is 0.478. The summed E-state index contributed by atoms with van der Waals surface area (Å²) >= 11 is 1.46. The van der Waals surface area contributed by atoms with Gasteiger partial charge in [-0.1, -0.05) is 67.3 Å². The van der Waals surface area contributed by atoms with Crippen molar-refractivity contribution in [1.29, 1.82) is 0 Å². The summed E-state index contributed by atoms with van der Waals surface area (Å²) in [7, 11) is 0. The predicted molar refractivity (Wildman–Crippen MR) is 100 cm³/mol. The first-order valence-electron chi connectivity index (χ1n) is 8.05. The average Bonchev–Trinajstić information content (AvgIpc) is 2.92. The number of phenolic OH excluding ortho intramolecular Hbond substituents is 1. The van der Waals surface area contributed by atoms with Gasteiger partial charge in [0.05, 0.1) is 10.6 Å². The zero-order valence-electron chi connectivity index (χ0n) is 13.5. The minimum atomic E-state index is -0.0458. The molecule has 2 N–H and O–H groups in total. The molecule has 0 amide bonds. The highest BCUT2D eigenvalue weighted by Crippen LogP contribution is 2.34. The number of benzene rings is 2. The van der Waals surface area contributed by atoms with E-state index < -0.39 is 0 Å². The van der Waals surface area contributed by atoms with E-state index in [1.165, 1.54) is 11.5 Å². The molecule has 0 aliphatic rings. The third-order valence-corrected chi connectivity index (χ3v) is 4.97. The Balaban J connectivity index is 2.07. The Bertz CT molecular complexity index is 869. The Hall–Kier alpha value is -2.53. The van der Waals surface area contributed by atoms with Gasteiger partial charge in [0.1, 0.15) is 11.4 Å². The maximum atomic E-state index is 12.8. The summed E-state index contributed by atoms with van der Waals surface area (Å²) in [5, 5.41) is 13.1. The Kier molecular flexibility index (Phi) is 5.01. The van der Waals surface area contributed by atoms with E-state index in [9.17, 15) is 9.90 Å². The van der Waals surface area contributed by atoms with Crippen molar-refractivity contribution in [3.8, 4) is 16.2 Å². The number of para-hydroxylation sites is 2. The van der Waals surface area contributed by atoms with Crippen molar-refractivity contribution in [2.75, 3.05) is 5.32 Å². The summed E-state index contributed by atoms with van der Waals surface area (Å²) in [4.78, 5) is 13.7. The van der Waals surface area contributed by atoms with E-state index in [-0.39, 0.29) is 11.3 Å². The van der Waals surface area contributed by atoms with Crippen LogP contribution in [0.3, 0.4) is 0 Å². The van der Waals surface area contributed by atoms with Crippen LogP contribution in [0.15, 0.2) is 59.4 Å². The van der Waals surface area contributed by atoms with Crippen LogP contribution < -0.4 is 10.9 Å². The van der Waals surface area contributed by atoms with E-state index in [1.54, 1.807) is 22.2 Å². The van der Waals surface area contributed by atoms with E-state index >= 15 is 0 Å². The zero-order chi connectivity index (χ0) is 16.9. The van der Waals surface area contributed by atoms with Crippen LogP contribution in [0.4, 0.5) is 11.4 Å². The number of anilines is 2. The molecule has 0 saturated carbocycles. The van der Waals surface area contributed by atoms with Crippen LogP contribution in [-0.4, -0.2) is 9.06 Å². The number of nitrogens with one attached hydrogen (secondary N) is 1. The molecule has 124 valence electrons. The summed E-state index contributed by atoms with van der Waals surface area (Å²) in [5.41, 5.74) is 2.00. The molecule has 1 heterocycles. The van der Waals surface area contributed by atoms with E-state index in [2.05, 4.69) is 12.2 Å². The number of unbranched alkanes of at least 4 members (excludes halogenated alkanes) is 1. The lowest BCUT2D eigenvalue weighted by Gasteiger charge is -2.07. The van der Waals surface area contributed by atoms with Crippen molar-refractivity contribution in [2.45, 2.75) is 26.3 Å². The number of hydrogen-bond donors (Lipinski definition) is 2. The highest BCUT2D eigenvalue weighted by molar-refractivity contribution is 7.10. The van der Waals surface area contributed by atoms with Gasteiger partial charge in [-0.3, -0.25) is 8.75 Å². The van der Waals surface area contributed by atoms with Gasteiger partial charge in [0, 0.05) is 6.54 Å². The number of aryl methyl sites for hydroxylation is 1. The van der Waals surface area contributed by atoms with Crippen molar-refractivity contribution in [1.82, 2.24) is 3.96 Å². The largest absolute Gasteiger partial charge is 0.506 e. The van der Waals surface area contributed by atoms with Crippen LogP contribution in [0.2, 0.25) is 0 Å². The van der Waals surface area contributed by atoms with Crippen LogP contribution in [0, 0.1) is 0 Å². The van der Waals surface area contributed by atoms with Gasteiger partial charge in [-0.25, -0.2) is 0 Å². The fourth-order valence-electron chi connectivity index (χ4n) is 2.48. The molecule has 0 aliphatic carbocycles. The molecule has 0 fully saturated rings. The molecule has 0 spiro atoms. The molecular weight excluding hydrogens is 320 g/mol. The number of aromatic nitrogens is 1. The first-order valence-corrected chi connectivity index (χ1v) is 8.82. The molecule has 0 saturated heterocycles. The maximum Gasteiger partial charge on any atom is 0.284 e. The van der Waals surface area contributed by atoms with Crippen LogP contribution in [0.25, 0.3) is 10.4 Å². The van der Waals surface area contributed by atoms with Gasteiger partial charge >= 0.3 is 0 Å². The van der Waals surface area contributed by atoms with Gasteiger partial charge in [0.15, 0.2) is 0 Å². The Morgan fingerprint density at radius 1 is 1.08 bits per heavy atom. The molecule has 24 heavy (non-hydrogen) atoms. The summed E-state index contributed by atoms with van der Waals surface area (Å²) < 4.78 is 1.79. The minimum absolute atomic E-state index is 0.0458. The fourth-order valence-corrected chi connectivity index (χ4v) is 3.56. The molecule has 4 nitrogen and oxygen atoms in total. The molecule has 0 unspecified atom stereocenters. The summed E-state index contributed by atoms with van der Waals surface area (Å²) in [6.07, 6.45) is 2.00.